The highest BCUT2D eigenvalue weighted by Gasteiger charge is 2.14. The number of hydrogen-bond donors (Lipinski definition) is 2. The number of aromatic nitrogens is 1. The maximum atomic E-state index is 12.4. The van der Waals surface area contributed by atoms with Crippen LogP contribution < -0.4 is 10.0 Å². The summed E-state index contributed by atoms with van der Waals surface area (Å²) in [7, 11) is -3.63. The van der Waals surface area contributed by atoms with Crippen molar-refractivity contribution < 1.29 is 8.42 Å². The molecule has 3 aromatic rings. The van der Waals surface area contributed by atoms with E-state index in [-0.39, 0.29) is 4.90 Å². The predicted molar refractivity (Wildman–Crippen MR) is 105 cm³/mol. The highest BCUT2D eigenvalue weighted by molar-refractivity contribution is 7.92. The SMILES string of the molecule is Cc1ccc(S(=O)(=O)Nc2ccc(Nc3c(C)cccc3C)nc2)cc1. The minimum Gasteiger partial charge on any atom is -0.340 e. The van der Waals surface area contributed by atoms with E-state index in [1.165, 1.54) is 6.20 Å². The zero-order valence-corrected chi connectivity index (χ0v) is 15.8. The molecule has 0 radical (unpaired) electrons. The average molecular weight is 367 g/mol. The summed E-state index contributed by atoms with van der Waals surface area (Å²) in [6.45, 7) is 5.97. The number of nitrogens with one attached hydrogen (secondary N) is 2. The van der Waals surface area contributed by atoms with E-state index >= 15 is 0 Å². The second-order valence-electron chi connectivity index (χ2n) is 6.24. The van der Waals surface area contributed by atoms with Crippen LogP contribution >= 0.6 is 0 Å². The van der Waals surface area contributed by atoms with Gasteiger partial charge in [-0.25, -0.2) is 13.4 Å². The molecule has 0 spiro atoms. The molecular formula is C20H21N3O2S. The average Bonchev–Trinajstić information content (AvgIpc) is 2.60. The summed E-state index contributed by atoms with van der Waals surface area (Å²) >= 11 is 0. The van der Waals surface area contributed by atoms with Crippen LogP contribution in [-0.4, -0.2) is 13.4 Å². The Morgan fingerprint density at radius 3 is 2.08 bits per heavy atom. The topological polar surface area (TPSA) is 71.1 Å². The Morgan fingerprint density at radius 2 is 1.50 bits per heavy atom. The Balaban J connectivity index is 1.76. The molecule has 0 saturated carbocycles. The summed E-state index contributed by atoms with van der Waals surface area (Å²) in [5, 5.41) is 3.28. The van der Waals surface area contributed by atoms with E-state index in [9.17, 15) is 8.42 Å². The molecule has 0 atom stereocenters. The van der Waals surface area contributed by atoms with Crippen molar-refractivity contribution in [2.75, 3.05) is 10.0 Å². The van der Waals surface area contributed by atoms with Gasteiger partial charge in [0.05, 0.1) is 16.8 Å². The van der Waals surface area contributed by atoms with Gasteiger partial charge >= 0.3 is 0 Å². The number of anilines is 3. The Kier molecular flexibility index (Phi) is 4.95. The molecule has 6 heteroatoms. The molecule has 1 aromatic heterocycles. The maximum absolute atomic E-state index is 12.4. The molecule has 0 aliphatic heterocycles. The standard InChI is InChI=1S/C20H21N3O2S/c1-14-7-10-18(11-8-14)26(24,25)23-17-9-12-19(21-13-17)22-20-15(2)5-4-6-16(20)3/h4-13,23H,1-3H3,(H,21,22). The number of sulfonamides is 1. The summed E-state index contributed by atoms with van der Waals surface area (Å²) in [6.07, 6.45) is 1.50. The lowest BCUT2D eigenvalue weighted by molar-refractivity contribution is 0.601. The van der Waals surface area contributed by atoms with Crippen molar-refractivity contribution >= 4 is 27.2 Å². The molecule has 0 saturated heterocycles. The van der Waals surface area contributed by atoms with E-state index in [0.717, 1.165) is 22.4 Å². The number of rotatable bonds is 5. The molecule has 3 rings (SSSR count). The van der Waals surface area contributed by atoms with Crippen LogP contribution in [0.3, 0.4) is 0 Å². The molecule has 0 aliphatic carbocycles. The van der Waals surface area contributed by atoms with Gasteiger partial charge in [0.25, 0.3) is 10.0 Å². The number of pyridine rings is 1. The van der Waals surface area contributed by atoms with Gasteiger partial charge < -0.3 is 5.32 Å². The quantitative estimate of drug-likeness (QED) is 0.694. The molecule has 134 valence electrons. The van der Waals surface area contributed by atoms with Crippen molar-refractivity contribution in [3.05, 3.63) is 77.5 Å². The zero-order chi connectivity index (χ0) is 18.7. The Morgan fingerprint density at radius 1 is 0.846 bits per heavy atom. The first-order valence-corrected chi connectivity index (χ1v) is 9.72. The number of aryl methyl sites for hydroxylation is 3. The van der Waals surface area contributed by atoms with Crippen molar-refractivity contribution in [1.29, 1.82) is 0 Å². The van der Waals surface area contributed by atoms with Crippen molar-refractivity contribution in [2.24, 2.45) is 0 Å². The first kappa shape index (κ1) is 17.9. The third kappa shape index (κ3) is 4.03. The fourth-order valence-electron chi connectivity index (χ4n) is 2.60. The summed E-state index contributed by atoms with van der Waals surface area (Å²) < 4.78 is 27.4. The lowest BCUT2D eigenvalue weighted by atomic mass is 10.1. The summed E-state index contributed by atoms with van der Waals surface area (Å²) in [6, 6.07) is 16.2. The normalized spacial score (nSPS) is 11.2. The maximum Gasteiger partial charge on any atom is 0.261 e. The number of para-hydroxylation sites is 1. The van der Waals surface area contributed by atoms with Crippen molar-refractivity contribution in [3.8, 4) is 0 Å². The van der Waals surface area contributed by atoms with Gasteiger partial charge in [-0.05, 0) is 56.2 Å². The summed E-state index contributed by atoms with van der Waals surface area (Å²) in [5.41, 5.74) is 4.67. The highest BCUT2D eigenvalue weighted by atomic mass is 32.2. The third-order valence-corrected chi connectivity index (χ3v) is 5.48. The van der Waals surface area contributed by atoms with E-state index < -0.39 is 10.0 Å². The van der Waals surface area contributed by atoms with Crippen LogP contribution in [0, 0.1) is 20.8 Å². The first-order chi connectivity index (χ1) is 12.3. The van der Waals surface area contributed by atoms with Crippen LogP contribution in [0.2, 0.25) is 0 Å². The Labute approximate surface area is 154 Å². The fourth-order valence-corrected chi connectivity index (χ4v) is 3.64. The molecule has 5 nitrogen and oxygen atoms in total. The predicted octanol–water partition coefficient (Wildman–Crippen LogP) is 4.55. The molecule has 0 amide bonds. The van der Waals surface area contributed by atoms with Gasteiger partial charge in [-0.1, -0.05) is 35.9 Å². The second-order valence-corrected chi connectivity index (χ2v) is 7.92. The van der Waals surface area contributed by atoms with E-state index in [1.54, 1.807) is 36.4 Å². The Bertz CT molecular complexity index is 992. The van der Waals surface area contributed by atoms with Gasteiger partial charge in [0.1, 0.15) is 5.82 Å². The minimum atomic E-state index is -3.63. The number of benzene rings is 2. The van der Waals surface area contributed by atoms with Crippen molar-refractivity contribution in [2.45, 2.75) is 25.7 Å². The lowest BCUT2D eigenvalue weighted by Gasteiger charge is -2.13. The van der Waals surface area contributed by atoms with E-state index in [1.807, 2.05) is 39.0 Å². The van der Waals surface area contributed by atoms with E-state index in [0.29, 0.717) is 11.5 Å². The molecule has 1 heterocycles. The smallest absolute Gasteiger partial charge is 0.261 e. The minimum absolute atomic E-state index is 0.223. The molecular weight excluding hydrogens is 346 g/mol. The van der Waals surface area contributed by atoms with Crippen LogP contribution in [0.25, 0.3) is 0 Å². The van der Waals surface area contributed by atoms with Gasteiger partial charge in [0.2, 0.25) is 0 Å². The zero-order valence-electron chi connectivity index (χ0n) is 14.9. The monoisotopic (exact) mass is 367 g/mol. The van der Waals surface area contributed by atoms with Gasteiger partial charge in [-0.2, -0.15) is 0 Å². The van der Waals surface area contributed by atoms with Crippen LogP contribution in [0.1, 0.15) is 16.7 Å². The van der Waals surface area contributed by atoms with Gasteiger partial charge in [-0.15, -0.1) is 0 Å². The molecule has 0 unspecified atom stereocenters. The largest absolute Gasteiger partial charge is 0.340 e. The number of nitrogens with zero attached hydrogens (tertiary/aromatic N) is 1. The molecule has 0 fully saturated rings. The third-order valence-electron chi connectivity index (χ3n) is 4.08. The van der Waals surface area contributed by atoms with Crippen LogP contribution in [0.15, 0.2) is 65.7 Å². The lowest BCUT2D eigenvalue weighted by Crippen LogP contribution is -2.13. The van der Waals surface area contributed by atoms with Crippen LogP contribution in [0.4, 0.5) is 17.2 Å². The van der Waals surface area contributed by atoms with Gasteiger partial charge in [0, 0.05) is 5.69 Å². The van der Waals surface area contributed by atoms with E-state index in [4.69, 9.17) is 0 Å². The van der Waals surface area contributed by atoms with Crippen molar-refractivity contribution in [3.63, 3.8) is 0 Å². The van der Waals surface area contributed by atoms with E-state index in [2.05, 4.69) is 15.0 Å². The molecule has 2 aromatic carbocycles. The van der Waals surface area contributed by atoms with Crippen LogP contribution in [-0.2, 0) is 10.0 Å². The van der Waals surface area contributed by atoms with Crippen molar-refractivity contribution in [1.82, 2.24) is 4.98 Å². The summed E-state index contributed by atoms with van der Waals surface area (Å²) in [5.74, 6) is 0.653. The molecule has 0 bridgehead atoms. The molecule has 26 heavy (non-hydrogen) atoms. The highest BCUT2D eigenvalue weighted by Crippen LogP contribution is 2.24. The summed E-state index contributed by atoms with van der Waals surface area (Å²) in [4.78, 5) is 4.53. The second kappa shape index (κ2) is 7.17. The van der Waals surface area contributed by atoms with Gasteiger partial charge in [-0.3, -0.25) is 4.72 Å². The Hall–Kier alpha value is -2.86. The molecule has 0 aliphatic rings. The van der Waals surface area contributed by atoms with Gasteiger partial charge in [0.15, 0.2) is 0 Å². The molecule has 2 N–H and O–H groups in total. The fraction of sp³-hybridized carbons (Fsp3) is 0.150. The first-order valence-electron chi connectivity index (χ1n) is 8.24. The number of hydrogen-bond acceptors (Lipinski definition) is 4. The van der Waals surface area contributed by atoms with Crippen LogP contribution in [0.5, 0.6) is 0 Å².